The summed E-state index contributed by atoms with van der Waals surface area (Å²) in [4.78, 5) is 2.63. The van der Waals surface area contributed by atoms with E-state index >= 15 is 0 Å². The smallest absolute Gasteiger partial charge is 0.0110 e. The van der Waals surface area contributed by atoms with E-state index in [2.05, 4.69) is 38.0 Å². The minimum absolute atomic E-state index is 0.779. The second-order valence-corrected chi connectivity index (χ2v) is 5.25. The Balaban J connectivity index is 2.33. The zero-order valence-corrected chi connectivity index (χ0v) is 11.6. The number of hydrogen-bond acceptors (Lipinski definition) is 2. The van der Waals surface area contributed by atoms with E-state index in [1.165, 1.54) is 45.1 Å². The van der Waals surface area contributed by atoms with Crippen LogP contribution in [-0.2, 0) is 0 Å². The van der Waals surface area contributed by atoms with E-state index in [0.717, 1.165) is 18.1 Å². The summed E-state index contributed by atoms with van der Waals surface area (Å²) >= 11 is 0. The zero-order chi connectivity index (χ0) is 12.0. The van der Waals surface area contributed by atoms with Crippen molar-refractivity contribution in [3.63, 3.8) is 0 Å². The van der Waals surface area contributed by atoms with Crippen LogP contribution in [0.3, 0.4) is 0 Å². The molecule has 1 rings (SSSR count). The van der Waals surface area contributed by atoms with Crippen molar-refractivity contribution in [3.8, 4) is 0 Å². The summed E-state index contributed by atoms with van der Waals surface area (Å²) < 4.78 is 0. The second kappa shape index (κ2) is 7.29. The maximum Gasteiger partial charge on any atom is 0.0110 e. The van der Waals surface area contributed by atoms with Crippen LogP contribution in [0.4, 0.5) is 0 Å². The molecule has 1 aliphatic rings. The molecule has 0 aromatic carbocycles. The lowest BCUT2D eigenvalue weighted by Gasteiger charge is -2.32. The van der Waals surface area contributed by atoms with Crippen LogP contribution in [0.25, 0.3) is 0 Å². The Kier molecular flexibility index (Phi) is 6.37. The summed E-state index contributed by atoms with van der Waals surface area (Å²) in [5.41, 5.74) is 0. The molecular formula is C14H30N2. The molecule has 1 saturated carbocycles. The van der Waals surface area contributed by atoms with Crippen molar-refractivity contribution in [2.24, 2.45) is 0 Å². The van der Waals surface area contributed by atoms with E-state index in [9.17, 15) is 0 Å². The molecule has 1 N–H and O–H groups in total. The molecule has 0 bridgehead atoms. The topological polar surface area (TPSA) is 15.3 Å². The lowest BCUT2D eigenvalue weighted by atomic mass is 10.1. The maximum absolute atomic E-state index is 3.66. The van der Waals surface area contributed by atoms with Gasteiger partial charge in [0.15, 0.2) is 0 Å². The molecule has 2 nitrogen and oxygen atoms in total. The van der Waals surface area contributed by atoms with E-state index in [4.69, 9.17) is 0 Å². The van der Waals surface area contributed by atoms with Crippen molar-refractivity contribution in [2.45, 2.75) is 77.4 Å². The van der Waals surface area contributed by atoms with Gasteiger partial charge in [0, 0.05) is 18.1 Å². The van der Waals surface area contributed by atoms with Crippen LogP contribution < -0.4 is 5.32 Å². The van der Waals surface area contributed by atoms with Gasteiger partial charge in [-0.05, 0) is 52.1 Å². The Morgan fingerprint density at radius 1 is 1.19 bits per heavy atom. The third-order valence-corrected chi connectivity index (χ3v) is 4.18. The van der Waals surface area contributed by atoms with Crippen molar-refractivity contribution in [1.29, 1.82) is 0 Å². The van der Waals surface area contributed by atoms with Crippen molar-refractivity contribution in [2.75, 3.05) is 13.6 Å². The average molecular weight is 226 g/mol. The number of rotatable bonds is 7. The minimum atomic E-state index is 0.779. The van der Waals surface area contributed by atoms with Crippen molar-refractivity contribution in [3.05, 3.63) is 0 Å². The van der Waals surface area contributed by atoms with E-state index in [1.807, 2.05) is 0 Å². The zero-order valence-electron chi connectivity index (χ0n) is 11.6. The van der Waals surface area contributed by atoms with Crippen LogP contribution in [0, 0.1) is 0 Å². The van der Waals surface area contributed by atoms with Gasteiger partial charge in [0.2, 0.25) is 0 Å². The summed E-state index contributed by atoms with van der Waals surface area (Å²) in [6, 6.07) is 2.39. The third-order valence-electron chi connectivity index (χ3n) is 4.18. The van der Waals surface area contributed by atoms with Crippen LogP contribution in [0.5, 0.6) is 0 Å². The van der Waals surface area contributed by atoms with E-state index < -0.39 is 0 Å². The number of nitrogens with one attached hydrogen (secondary N) is 1. The highest BCUT2D eigenvalue weighted by Gasteiger charge is 2.29. The molecule has 1 aliphatic carbocycles. The first kappa shape index (κ1) is 14.0. The van der Waals surface area contributed by atoms with Gasteiger partial charge < -0.3 is 10.2 Å². The molecule has 0 aromatic rings. The molecule has 0 aromatic heterocycles. The van der Waals surface area contributed by atoms with Gasteiger partial charge in [0.25, 0.3) is 0 Å². The van der Waals surface area contributed by atoms with E-state index in [-0.39, 0.29) is 0 Å². The molecule has 0 aliphatic heterocycles. The Bertz CT molecular complexity index is 178. The summed E-state index contributed by atoms with van der Waals surface area (Å²) in [5, 5.41) is 3.66. The van der Waals surface area contributed by atoms with Gasteiger partial charge in [-0.2, -0.15) is 0 Å². The Labute approximate surface area is 102 Å². The molecule has 0 amide bonds. The van der Waals surface area contributed by atoms with E-state index in [0.29, 0.717) is 0 Å². The first-order valence-corrected chi connectivity index (χ1v) is 7.18. The second-order valence-electron chi connectivity index (χ2n) is 5.25. The maximum atomic E-state index is 3.66. The van der Waals surface area contributed by atoms with Crippen molar-refractivity contribution in [1.82, 2.24) is 10.2 Å². The van der Waals surface area contributed by atoms with Crippen LogP contribution in [0.2, 0.25) is 0 Å². The predicted octanol–water partition coefficient (Wildman–Crippen LogP) is 3.03. The molecule has 1 fully saturated rings. The summed E-state index contributed by atoms with van der Waals surface area (Å²) in [6.45, 7) is 8.06. The molecular weight excluding hydrogens is 196 g/mol. The first-order valence-electron chi connectivity index (χ1n) is 7.18. The fraction of sp³-hybridized carbons (Fsp3) is 1.00. The molecule has 0 spiro atoms. The first-order chi connectivity index (χ1) is 7.72. The van der Waals surface area contributed by atoms with Crippen LogP contribution in [0.1, 0.15) is 59.3 Å². The van der Waals surface area contributed by atoms with E-state index in [1.54, 1.807) is 0 Å². The lowest BCUT2D eigenvalue weighted by Crippen LogP contribution is -2.39. The molecule has 2 atom stereocenters. The van der Waals surface area contributed by atoms with Gasteiger partial charge in [0.1, 0.15) is 0 Å². The molecule has 2 heteroatoms. The average Bonchev–Trinajstić information content (AvgIpc) is 2.76. The summed E-state index contributed by atoms with van der Waals surface area (Å²) in [7, 11) is 2.32. The Morgan fingerprint density at radius 3 is 2.44 bits per heavy atom. The number of nitrogens with zero attached hydrogens (tertiary/aromatic N) is 1. The van der Waals surface area contributed by atoms with Crippen molar-refractivity contribution < 1.29 is 0 Å². The third kappa shape index (κ3) is 3.74. The fourth-order valence-electron chi connectivity index (χ4n) is 3.02. The summed E-state index contributed by atoms with van der Waals surface area (Å²) in [6.07, 6.45) is 7.94. The SMILES string of the molecule is CCCNC1CCC(N(C)C(CC)CC)C1. The molecule has 96 valence electrons. The molecule has 0 saturated heterocycles. The molecule has 2 unspecified atom stereocenters. The standard InChI is InChI=1S/C14H30N2/c1-5-10-15-12-8-9-14(11-12)16(4)13(6-2)7-3/h12-15H,5-11H2,1-4H3. The summed E-state index contributed by atoms with van der Waals surface area (Å²) in [5.74, 6) is 0. The molecule has 0 heterocycles. The Morgan fingerprint density at radius 2 is 1.88 bits per heavy atom. The van der Waals surface area contributed by atoms with Gasteiger partial charge in [-0.3, -0.25) is 0 Å². The Hall–Kier alpha value is -0.0800. The van der Waals surface area contributed by atoms with Gasteiger partial charge in [0.05, 0.1) is 0 Å². The van der Waals surface area contributed by atoms with Gasteiger partial charge in [-0.1, -0.05) is 20.8 Å². The predicted molar refractivity (Wildman–Crippen MR) is 71.9 cm³/mol. The normalized spacial score (nSPS) is 25.9. The highest BCUT2D eigenvalue weighted by atomic mass is 15.2. The largest absolute Gasteiger partial charge is 0.314 e. The van der Waals surface area contributed by atoms with Gasteiger partial charge >= 0.3 is 0 Å². The molecule has 16 heavy (non-hydrogen) atoms. The highest BCUT2D eigenvalue weighted by molar-refractivity contribution is 4.87. The number of hydrogen-bond donors (Lipinski definition) is 1. The quantitative estimate of drug-likeness (QED) is 0.718. The minimum Gasteiger partial charge on any atom is -0.314 e. The molecule has 0 radical (unpaired) electrons. The highest BCUT2D eigenvalue weighted by Crippen LogP contribution is 2.26. The van der Waals surface area contributed by atoms with Crippen LogP contribution in [0.15, 0.2) is 0 Å². The van der Waals surface area contributed by atoms with Gasteiger partial charge in [-0.25, -0.2) is 0 Å². The van der Waals surface area contributed by atoms with Crippen LogP contribution >= 0.6 is 0 Å². The lowest BCUT2D eigenvalue weighted by molar-refractivity contribution is 0.163. The van der Waals surface area contributed by atoms with Gasteiger partial charge in [-0.15, -0.1) is 0 Å². The fourth-order valence-corrected chi connectivity index (χ4v) is 3.02. The monoisotopic (exact) mass is 226 g/mol. The van der Waals surface area contributed by atoms with Crippen molar-refractivity contribution >= 4 is 0 Å². The van der Waals surface area contributed by atoms with Crippen LogP contribution in [-0.4, -0.2) is 36.6 Å².